The molecule has 2 aromatic heterocycles. The van der Waals surface area contributed by atoms with Crippen LogP contribution in [0.4, 0.5) is 5.69 Å². The molecule has 1 amide bonds. The van der Waals surface area contributed by atoms with E-state index in [0.29, 0.717) is 16.3 Å². The van der Waals surface area contributed by atoms with Gasteiger partial charge in [-0.25, -0.2) is 4.98 Å². The average Bonchev–Trinajstić information content (AvgIpc) is 3.17. The lowest BCUT2D eigenvalue weighted by Gasteiger charge is -2.07. The zero-order valence-corrected chi connectivity index (χ0v) is 14.0. The Morgan fingerprint density at radius 2 is 2.04 bits per heavy atom. The molecule has 4 aromatic rings. The number of anilines is 1. The molecule has 24 heavy (non-hydrogen) atoms. The molecule has 0 unspecified atom stereocenters. The largest absolute Gasteiger partial charge is 0.322 e. The molecule has 0 spiro atoms. The summed E-state index contributed by atoms with van der Waals surface area (Å²) < 4.78 is 1.98. The van der Waals surface area contributed by atoms with Gasteiger partial charge in [-0.3, -0.25) is 9.20 Å². The zero-order chi connectivity index (χ0) is 16.5. The van der Waals surface area contributed by atoms with Crippen molar-refractivity contribution in [1.82, 2.24) is 9.38 Å². The van der Waals surface area contributed by atoms with Crippen molar-refractivity contribution < 1.29 is 4.79 Å². The van der Waals surface area contributed by atoms with Crippen molar-refractivity contribution in [3.8, 4) is 11.3 Å². The van der Waals surface area contributed by atoms with E-state index in [1.807, 2.05) is 46.4 Å². The summed E-state index contributed by atoms with van der Waals surface area (Å²) in [5.74, 6) is -0.233. The van der Waals surface area contributed by atoms with E-state index in [1.165, 1.54) is 0 Å². The Hall–Kier alpha value is -2.63. The molecule has 0 fully saturated rings. The summed E-state index contributed by atoms with van der Waals surface area (Å²) in [6.45, 7) is 0. The Balaban J connectivity index is 1.62. The van der Waals surface area contributed by atoms with Gasteiger partial charge in [0.05, 0.1) is 16.3 Å². The van der Waals surface area contributed by atoms with Crippen LogP contribution in [0.5, 0.6) is 0 Å². The Bertz CT molecular complexity index is 1010. The highest BCUT2D eigenvalue weighted by molar-refractivity contribution is 7.15. The number of benzene rings is 2. The molecule has 0 radical (unpaired) electrons. The van der Waals surface area contributed by atoms with Crippen LogP contribution in [0.1, 0.15) is 10.4 Å². The van der Waals surface area contributed by atoms with Gasteiger partial charge < -0.3 is 5.32 Å². The number of carbonyl (C=O) groups excluding carboxylic acids is 1. The summed E-state index contributed by atoms with van der Waals surface area (Å²) >= 11 is 7.66. The first-order valence-corrected chi connectivity index (χ1v) is 8.55. The lowest BCUT2D eigenvalue weighted by Crippen LogP contribution is -2.12. The minimum atomic E-state index is -0.233. The van der Waals surface area contributed by atoms with Gasteiger partial charge >= 0.3 is 0 Å². The third-order valence-electron chi connectivity index (χ3n) is 3.63. The second-order valence-corrected chi connectivity index (χ2v) is 6.51. The van der Waals surface area contributed by atoms with Crippen molar-refractivity contribution in [3.63, 3.8) is 0 Å². The van der Waals surface area contributed by atoms with E-state index >= 15 is 0 Å². The Morgan fingerprint density at radius 1 is 1.17 bits per heavy atom. The molecule has 4 rings (SSSR count). The summed E-state index contributed by atoms with van der Waals surface area (Å²) in [6.07, 6.45) is 3.94. The third kappa shape index (κ3) is 2.79. The molecule has 0 saturated carbocycles. The van der Waals surface area contributed by atoms with Crippen LogP contribution in [0.3, 0.4) is 0 Å². The quantitative estimate of drug-likeness (QED) is 0.565. The first-order valence-electron chi connectivity index (χ1n) is 7.29. The number of amides is 1. The predicted molar refractivity (Wildman–Crippen MR) is 97.9 cm³/mol. The highest BCUT2D eigenvalue weighted by atomic mass is 35.5. The van der Waals surface area contributed by atoms with Gasteiger partial charge in [0, 0.05) is 29.0 Å². The number of nitrogens with one attached hydrogen (secondary N) is 1. The summed E-state index contributed by atoms with van der Waals surface area (Å²) in [5, 5.41) is 5.30. The molecule has 1 N–H and O–H groups in total. The molecule has 0 bridgehead atoms. The fourth-order valence-electron chi connectivity index (χ4n) is 2.47. The molecule has 0 aliphatic heterocycles. The second kappa shape index (κ2) is 6.11. The van der Waals surface area contributed by atoms with Crippen molar-refractivity contribution in [3.05, 3.63) is 76.9 Å². The number of aromatic nitrogens is 2. The van der Waals surface area contributed by atoms with Gasteiger partial charge in [0.1, 0.15) is 0 Å². The van der Waals surface area contributed by atoms with E-state index in [1.54, 1.807) is 35.6 Å². The van der Waals surface area contributed by atoms with Crippen LogP contribution in [-0.2, 0) is 0 Å². The minimum Gasteiger partial charge on any atom is -0.322 e. The second-order valence-electron chi connectivity index (χ2n) is 5.23. The molecule has 4 nitrogen and oxygen atoms in total. The lowest BCUT2D eigenvalue weighted by molar-refractivity contribution is 0.102. The van der Waals surface area contributed by atoms with Gasteiger partial charge in [-0.15, -0.1) is 11.3 Å². The van der Waals surface area contributed by atoms with Crippen LogP contribution in [0, 0.1) is 0 Å². The highest BCUT2D eigenvalue weighted by Crippen LogP contribution is 2.25. The summed E-state index contributed by atoms with van der Waals surface area (Å²) in [7, 11) is 0. The van der Waals surface area contributed by atoms with Crippen LogP contribution in [-0.4, -0.2) is 15.3 Å². The number of carbonyl (C=O) groups is 1. The maximum absolute atomic E-state index is 12.4. The van der Waals surface area contributed by atoms with Gasteiger partial charge in [-0.2, -0.15) is 0 Å². The first kappa shape index (κ1) is 14.9. The number of halogens is 1. The van der Waals surface area contributed by atoms with Gasteiger partial charge in [0.25, 0.3) is 5.91 Å². The number of rotatable bonds is 3. The van der Waals surface area contributed by atoms with E-state index in [-0.39, 0.29) is 5.91 Å². The van der Waals surface area contributed by atoms with Gasteiger partial charge in [0.2, 0.25) is 0 Å². The molecule has 6 heteroatoms. The van der Waals surface area contributed by atoms with Crippen LogP contribution in [0.15, 0.2) is 66.3 Å². The van der Waals surface area contributed by atoms with E-state index < -0.39 is 0 Å². The van der Waals surface area contributed by atoms with Crippen molar-refractivity contribution in [1.29, 1.82) is 0 Å². The van der Waals surface area contributed by atoms with Crippen molar-refractivity contribution >= 4 is 39.5 Å². The Labute approximate surface area is 147 Å². The monoisotopic (exact) mass is 353 g/mol. The standard InChI is InChI=1S/C18H12ClN3OS/c19-15-7-2-1-6-14(15)17(23)20-13-5-3-4-12(10-13)16-11-22-8-9-24-18(22)21-16/h1-11H,(H,20,23). The molecule has 2 aromatic carbocycles. The van der Waals surface area contributed by atoms with Crippen molar-refractivity contribution in [2.75, 3.05) is 5.32 Å². The molecule has 2 heterocycles. The van der Waals surface area contributed by atoms with E-state index in [2.05, 4.69) is 10.3 Å². The maximum Gasteiger partial charge on any atom is 0.257 e. The van der Waals surface area contributed by atoms with Crippen molar-refractivity contribution in [2.45, 2.75) is 0 Å². The fourth-order valence-corrected chi connectivity index (χ4v) is 3.39. The number of thiazole rings is 1. The first-order chi connectivity index (χ1) is 11.7. The summed E-state index contributed by atoms with van der Waals surface area (Å²) in [4.78, 5) is 17.9. The molecule has 118 valence electrons. The van der Waals surface area contributed by atoms with E-state index in [9.17, 15) is 4.79 Å². The Kier molecular flexibility index (Phi) is 3.80. The topological polar surface area (TPSA) is 46.4 Å². The molecular weight excluding hydrogens is 342 g/mol. The zero-order valence-electron chi connectivity index (χ0n) is 12.4. The number of nitrogens with zero attached hydrogens (tertiary/aromatic N) is 2. The van der Waals surface area contributed by atoms with E-state index in [4.69, 9.17) is 11.6 Å². The normalized spacial score (nSPS) is 10.9. The number of hydrogen-bond donors (Lipinski definition) is 1. The minimum absolute atomic E-state index is 0.233. The number of hydrogen-bond acceptors (Lipinski definition) is 3. The maximum atomic E-state index is 12.4. The molecule has 0 aliphatic rings. The van der Waals surface area contributed by atoms with Gasteiger partial charge in [-0.1, -0.05) is 35.9 Å². The summed E-state index contributed by atoms with van der Waals surface area (Å²) in [6, 6.07) is 14.6. The SMILES string of the molecule is O=C(Nc1cccc(-c2cn3ccsc3n2)c1)c1ccccc1Cl. The lowest BCUT2D eigenvalue weighted by atomic mass is 10.1. The average molecular weight is 354 g/mol. The van der Waals surface area contributed by atoms with Gasteiger partial charge in [0.15, 0.2) is 4.96 Å². The van der Waals surface area contributed by atoms with Crippen LogP contribution in [0.25, 0.3) is 16.2 Å². The van der Waals surface area contributed by atoms with Crippen LogP contribution < -0.4 is 5.32 Å². The smallest absolute Gasteiger partial charge is 0.257 e. The molecule has 0 atom stereocenters. The number of imidazole rings is 1. The summed E-state index contributed by atoms with van der Waals surface area (Å²) in [5.41, 5.74) is 2.97. The predicted octanol–water partition coefficient (Wildman–Crippen LogP) is 4.97. The van der Waals surface area contributed by atoms with Gasteiger partial charge in [-0.05, 0) is 24.3 Å². The molecule has 0 aliphatic carbocycles. The number of fused-ring (bicyclic) bond motifs is 1. The van der Waals surface area contributed by atoms with Crippen LogP contribution >= 0.6 is 22.9 Å². The third-order valence-corrected chi connectivity index (χ3v) is 4.73. The van der Waals surface area contributed by atoms with Crippen molar-refractivity contribution in [2.24, 2.45) is 0 Å². The van der Waals surface area contributed by atoms with E-state index in [0.717, 1.165) is 16.2 Å². The fraction of sp³-hybridized carbons (Fsp3) is 0. The highest BCUT2D eigenvalue weighted by Gasteiger charge is 2.11. The molecule has 0 saturated heterocycles. The molecular formula is C18H12ClN3OS. The van der Waals surface area contributed by atoms with Crippen LogP contribution in [0.2, 0.25) is 5.02 Å². The Morgan fingerprint density at radius 3 is 2.88 bits per heavy atom.